The molecule has 0 spiro atoms. The molecule has 3 nitrogen and oxygen atoms in total. The number of alkyl halides is 1. The third-order valence-corrected chi connectivity index (χ3v) is 9.41. The Morgan fingerprint density at radius 3 is 2.57 bits per heavy atom. The number of carbonyl (C=O) groups excluding carboxylic acids is 1. The molecule has 0 heterocycles. The van der Waals surface area contributed by atoms with Gasteiger partial charge in [0.25, 0.3) is 0 Å². The lowest BCUT2D eigenvalue weighted by molar-refractivity contribution is -0.133. The van der Waals surface area contributed by atoms with Gasteiger partial charge in [0.2, 0.25) is 5.91 Å². The molecular formula is C26H36INO2. The topological polar surface area (TPSA) is 40.5 Å². The number of hydrogen-bond acceptors (Lipinski definition) is 2. The number of benzene rings is 1. The van der Waals surface area contributed by atoms with Gasteiger partial charge in [0.05, 0.1) is 0 Å². The van der Waals surface area contributed by atoms with Gasteiger partial charge in [-0.15, -0.1) is 0 Å². The van der Waals surface area contributed by atoms with Crippen molar-refractivity contribution in [3.63, 3.8) is 0 Å². The summed E-state index contributed by atoms with van der Waals surface area (Å²) in [6.07, 6.45) is 8.13. The highest BCUT2D eigenvalue weighted by molar-refractivity contribution is 14.1. The smallest absolute Gasteiger partial charge is 0.240 e. The van der Waals surface area contributed by atoms with E-state index >= 15 is 0 Å². The van der Waals surface area contributed by atoms with Crippen molar-refractivity contribution in [2.75, 3.05) is 0 Å². The molecule has 0 aromatic heterocycles. The van der Waals surface area contributed by atoms with Crippen LogP contribution in [0, 0.1) is 17.3 Å². The third kappa shape index (κ3) is 3.51. The van der Waals surface area contributed by atoms with Gasteiger partial charge in [0.1, 0.15) is 9.67 Å². The Morgan fingerprint density at radius 2 is 1.90 bits per heavy atom. The second-order valence-corrected chi connectivity index (χ2v) is 11.7. The highest BCUT2D eigenvalue weighted by Gasteiger charge is 2.53. The van der Waals surface area contributed by atoms with Crippen LogP contribution in [0.5, 0.6) is 5.75 Å². The first-order chi connectivity index (χ1) is 14.1. The first-order valence-electron chi connectivity index (χ1n) is 11.6. The molecule has 0 radical (unpaired) electrons. The lowest BCUT2D eigenvalue weighted by Gasteiger charge is -2.51. The molecule has 4 unspecified atom stereocenters. The molecule has 1 aromatic rings. The number of phenolic OH excluding ortho intramolecular Hbond substituents is 1. The molecule has 0 saturated heterocycles. The molecule has 30 heavy (non-hydrogen) atoms. The van der Waals surface area contributed by atoms with E-state index in [2.05, 4.69) is 74.3 Å². The van der Waals surface area contributed by atoms with E-state index in [9.17, 15) is 9.90 Å². The molecule has 3 aliphatic rings. The van der Waals surface area contributed by atoms with Crippen LogP contribution in [0.4, 0.5) is 0 Å². The van der Waals surface area contributed by atoms with Gasteiger partial charge in [-0.2, -0.15) is 0 Å². The fraction of sp³-hybridized carbons (Fsp3) is 0.654. The van der Waals surface area contributed by atoms with Crippen molar-refractivity contribution in [3.8, 4) is 5.75 Å². The summed E-state index contributed by atoms with van der Waals surface area (Å²) in [4.78, 5) is 15.5. The van der Waals surface area contributed by atoms with Gasteiger partial charge in [-0.25, -0.2) is 0 Å². The highest BCUT2D eigenvalue weighted by Crippen LogP contribution is 2.62. The molecule has 4 rings (SSSR count). The van der Waals surface area contributed by atoms with Crippen LogP contribution in [-0.2, 0) is 11.2 Å². The summed E-state index contributed by atoms with van der Waals surface area (Å²) in [5, 5.41) is 9.90. The van der Waals surface area contributed by atoms with Crippen LogP contribution in [0.25, 0.3) is 0 Å². The number of fused-ring (bicyclic) bond motifs is 5. The Kier molecular flexibility index (Phi) is 6.02. The molecule has 1 amide bonds. The van der Waals surface area contributed by atoms with Gasteiger partial charge in [0.15, 0.2) is 0 Å². The van der Waals surface area contributed by atoms with E-state index in [1.807, 2.05) is 12.1 Å². The van der Waals surface area contributed by atoms with E-state index in [0.29, 0.717) is 23.5 Å². The van der Waals surface area contributed by atoms with Crippen molar-refractivity contribution < 1.29 is 9.90 Å². The Hall–Kier alpha value is -1.04. The molecule has 3 aliphatic carbocycles. The molecule has 0 bridgehead atoms. The standard InChI is InChI=1S/C26H36INO2/c1-15(2)28(16(3)4)25(30)24(27)23-11-10-22-21-8-6-17-14-18(29)7-9-19(17)20(21)12-13-26(22,23)5/h7,9,11,14-16,20-22,24,29H,6,8,10,12-13H2,1-5H3/t20?,21?,22?,24-,26?/m1/s1. The maximum atomic E-state index is 13.5. The number of halogens is 1. The van der Waals surface area contributed by atoms with Crippen LogP contribution in [0.15, 0.2) is 29.8 Å². The number of nitrogens with zero attached hydrogens (tertiary/aromatic N) is 1. The molecule has 4 heteroatoms. The summed E-state index contributed by atoms with van der Waals surface area (Å²) in [6, 6.07) is 6.45. The average Bonchev–Trinajstić information content (AvgIpc) is 3.03. The van der Waals surface area contributed by atoms with Crippen LogP contribution in [0.1, 0.15) is 77.3 Å². The zero-order chi connectivity index (χ0) is 21.8. The monoisotopic (exact) mass is 521 g/mol. The summed E-state index contributed by atoms with van der Waals surface area (Å²) >= 11 is 2.41. The summed E-state index contributed by atoms with van der Waals surface area (Å²) in [5.41, 5.74) is 4.33. The van der Waals surface area contributed by atoms with E-state index in [1.54, 1.807) is 0 Å². The summed E-state index contributed by atoms with van der Waals surface area (Å²) in [5.74, 6) is 2.58. The number of aromatic hydroxyl groups is 1. The molecule has 164 valence electrons. The van der Waals surface area contributed by atoms with Crippen molar-refractivity contribution in [2.24, 2.45) is 17.3 Å². The quantitative estimate of drug-likeness (QED) is 0.290. The number of carbonyl (C=O) groups is 1. The van der Waals surface area contributed by atoms with Crippen LogP contribution in [0.2, 0.25) is 0 Å². The van der Waals surface area contributed by atoms with Gasteiger partial charge in [-0.3, -0.25) is 4.79 Å². The Bertz CT molecular complexity index is 853. The summed E-state index contributed by atoms with van der Waals surface area (Å²) < 4.78 is -0.0632. The van der Waals surface area contributed by atoms with Gasteiger partial charge in [0, 0.05) is 12.1 Å². The fourth-order valence-electron chi connectivity index (χ4n) is 6.93. The second-order valence-electron chi connectivity index (χ2n) is 10.4. The first kappa shape index (κ1) is 22.2. The SMILES string of the molecule is CC(C)N(C(=O)[C@H](I)C1=CCC2C3CCc4cc(O)ccc4C3CCC12C)C(C)C. The number of amides is 1. The van der Waals surface area contributed by atoms with Crippen molar-refractivity contribution in [1.29, 1.82) is 0 Å². The molecule has 1 aromatic carbocycles. The number of allylic oxidation sites excluding steroid dienone is 1. The number of aryl methyl sites for hydroxylation is 1. The first-order valence-corrected chi connectivity index (χ1v) is 12.9. The lowest BCUT2D eigenvalue weighted by atomic mass is 9.54. The van der Waals surface area contributed by atoms with Crippen LogP contribution >= 0.6 is 22.6 Å². The van der Waals surface area contributed by atoms with E-state index in [-0.39, 0.29) is 27.3 Å². The van der Waals surface area contributed by atoms with Gasteiger partial charge in [-0.05, 0) is 112 Å². The Balaban J connectivity index is 1.58. The van der Waals surface area contributed by atoms with Crippen molar-refractivity contribution >= 4 is 28.5 Å². The van der Waals surface area contributed by atoms with E-state index in [1.165, 1.54) is 29.5 Å². The highest BCUT2D eigenvalue weighted by atomic mass is 127. The maximum Gasteiger partial charge on any atom is 0.240 e. The lowest BCUT2D eigenvalue weighted by Crippen LogP contribution is -2.48. The zero-order valence-electron chi connectivity index (χ0n) is 19.0. The summed E-state index contributed by atoms with van der Waals surface area (Å²) in [6.45, 7) is 10.9. The van der Waals surface area contributed by atoms with Crippen LogP contribution < -0.4 is 0 Å². The van der Waals surface area contributed by atoms with Gasteiger partial charge in [-0.1, -0.05) is 41.7 Å². The van der Waals surface area contributed by atoms with Crippen LogP contribution in [-0.4, -0.2) is 31.9 Å². The molecule has 1 fully saturated rings. The van der Waals surface area contributed by atoms with Gasteiger partial charge >= 0.3 is 0 Å². The number of rotatable bonds is 4. The van der Waals surface area contributed by atoms with Crippen molar-refractivity contribution in [3.05, 3.63) is 41.0 Å². The normalized spacial score (nSPS) is 31.1. The minimum atomic E-state index is -0.0632. The predicted octanol–water partition coefficient (Wildman–Crippen LogP) is 6.23. The molecular weight excluding hydrogens is 485 g/mol. The maximum absolute atomic E-state index is 13.5. The van der Waals surface area contributed by atoms with E-state index < -0.39 is 0 Å². The molecule has 5 atom stereocenters. The number of phenols is 1. The third-order valence-electron chi connectivity index (χ3n) is 8.21. The zero-order valence-corrected chi connectivity index (χ0v) is 21.1. The second kappa shape index (κ2) is 8.14. The molecule has 0 aliphatic heterocycles. The predicted molar refractivity (Wildman–Crippen MR) is 131 cm³/mol. The Morgan fingerprint density at radius 1 is 1.20 bits per heavy atom. The molecule has 1 saturated carbocycles. The summed E-state index contributed by atoms with van der Waals surface area (Å²) in [7, 11) is 0. The minimum Gasteiger partial charge on any atom is -0.508 e. The number of hydrogen-bond donors (Lipinski definition) is 1. The minimum absolute atomic E-state index is 0.0632. The Labute approximate surface area is 195 Å². The van der Waals surface area contributed by atoms with Gasteiger partial charge < -0.3 is 10.0 Å². The average molecular weight is 521 g/mol. The van der Waals surface area contributed by atoms with Crippen molar-refractivity contribution in [2.45, 2.75) is 88.6 Å². The molecule has 1 N–H and O–H groups in total. The fourth-order valence-corrected chi connectivity index (χ4v) is 8.22. The van der Waals surface area contributed by atoms with E-state index in [0.717, 1.165) is 19.3 Å². The van der Waals surface area contributed by atoms with Crippen molar-refractivity contribution in [1.82, 2.24) is 4.90 Å². The van der Waals surface area contributed by atoms with E-state index in [4.69, 9.17) is 0 Å². The van der Waals surface area contributed by atoms with Crippen LogP contribution in [0.3, 0.4) is 0 Å². The largest absolute Gasteiger partial charge is 0.508 e.